The standard InChI is InChI=1S/C63H66O13/c1-65-52-35-33-51(34-36-52)61(64)75-55-53(43-67-37-45-21-9-3-10-22-45)74-63(60(72-42-50-31-19-8-20-32-50)57(55)69-39-47-25-13-5-14-26-47)76-56-54(44-68-38-46-23-11-4-12-24-46)73-62(66-2)59(71-41-49-29-17-7-18-30-49)58(56)70-40-48-27-15-6-16-28-48/h3-36,53-60,62-63H,37-44H2,1-2H3/t53-,54-,55-,56-,57+,58+,59-,60+,62+,63+/m1/s1. The summed E-state index contributed by atoms with van der Waals surface area (Å²) in [6.45, 7) is 1.27. The fraction of sp³-hybridized carbons (Fsp3) is 0.317. The molecule has 2 saturated heterocycles. The molecule has 0 aromatic heterocycles. The van der Waals surface area contributed by atoms with Gasteiger partial charge in [-0.2, -0.15) is 0 Å². The minimum absolute atomic E-state index is 0.0286. The van der Waals surface area contributed by atoms with Gasteiger partial charge >= 0.3 is 5.97 Å². The SMILES string of the molecule is COc1ccc(C(=O)O[C@H]2[C@H](OCc3ccccc3)[C@H](OCc3ccccc3)[C@H](O[C@H]3[C@H](OCc4ccccc4)[C@@H](OCc4ccccc4)[C@@H](OC)O[C@@H]3COCc3ccccc3)O[C@@H]2COCc2ccccc2)cc1. The van der Waals surface area contributed by atoms with Crippen LogP contribution in [0, 0.1) is 0 Å². The molecule has 396 valence electrons. The zero-order valence-corrected chi connectivity index (χ0v) is 42.9. The van der Waals surface area contributed by atoms with Gasteiger partial charge in [-0.25, -0.2) is 4.79 Å². The molecular weight excluding hydrogens is 965 g/mol. The van der Waals surface area contributed by atoms with Crippen LogP contribution in [-0.4, -0.2) is 94.8 Å². The Kier molecular flexibility index (Phi) is 20.3. The Morgan fingerprint density at radius 1 is 0.382 bits per heavy atom. The Labute approximate surface area is 445 Å². The largest absolute Gasteiger partial charge is 0.497 e. The van der Waals surface area contributed by atoms with E-state index in [1.807, 2.05) is 182 Å². The van der Waals surface area contributed by atoms with Gasteiger partial charge in [0.15, 0.2) is 18.7 Å². The Balaban J connectivity index is 1.12. The van der Waals surface area contributed by atoms with Gasteiger partial charge in [0.1, 0.15) is 48.5 Å². The van der Waals surface area contributed by atoms with Crippen LogP contribution >= 0.6 is 0 Å². The molecular formula is C63H66O13. The van der Waals surface area contributed by atoms with Gasteiger partial charge in [0.05, 0.1) is 65.5 Å². The number of ether oxygens (including phenoxy) is 12. The molecule has 0 radical (unpaired) electrons. The van der Waals surface area contributed by atoms with Crippen LogP contribution in [0.5, 0.6) is 5.75 Å². The summed E-state index contributed by atoms with van der Waals surface area (Å²) < 4.78 is 80.5. The number of benzene rings is 7. The maximum Gasteiger partial charge on any atom is 0.338 e. The van der Waals surface area contributed by atoms with Gasteiger partial charge in [-0.05, 0) is 57.6 Å². The Bertz CT molecular complexity index is 2720. The van der Waals surface area contributed by atoms with E-state index in [9.17, 15) is 4.79 Å². The van der Waals surface area contributed by atoms with Crippen LogP contribution in [0.4, 0.5) is 0 Å². The number of hydrogen-bond acceptors (Lipinski definition) is 13. The summed E-state index contributed by atoms with van der Waals surface area (Å²) in [5.74, 6) is -0.0114. The molecule has 13 nitrogen and oxygen atoms in total. The third-order valence-electron chi connectivity index (χ3n) is 13.2. The van der Waals surface area contributed by atoms with Crippen LogP contribution in [0.3, 0.4) is 0 Å². The van der Waals surface area contributed by atoms with Crippen LogP contribution < -0.4 is 4.74 Å². The molecule has 2 aliphatic heterocycles. The smallest absolute Gasteiger partial charge is 0.338 e. The van der Waals surface area contributed by atoms with Crippen LogP contribution in [0.2, 0.25) is 0 Å². The zero-order valence-electron chi connectivity index (χ0n) is 42.9. The predicted octanol–water partition coefficient (Wildman–Crippen LogP) is 10.5. The van der Waals surface area contributed by atoms with Gasteiger partial charge in [0, 0.05) is 7.11 Å². The van der Waals surface area contributed by atoms with Crippen molar-refractivity contribution < 1.29 is 61.6 Å². The molecule has 0 saturated carbocycles. The van der Waals surface area contributed by atoms with E-state index in [1.54, 1.807) is 38.5 Å². The van der Waals surface area contributed by atoms with Gasteiger partial charge in [-0.3, -0.25) is 0 Å². The molecule has 2 fully saturated rings. The molecule has 0 spiro atoms. The number of methoxy groups -OCH3 is 2. The fourth-order valence-electron chi connectivity index (χ4n) is 9.24. The van der Waals surface area contributed by atoms with Crippen molar-refractivity contribution in [3.63, 3.8) is 0 Å². The normalized spacial score (nSPS) is 23.4. The molecule has 0 N–H and O–H groups in total. The highest BCUT2D eigenvalue weighted by Crippen LogP contribution is 2.37. The molecule has 0 unspecified atom stereocenters. The van der Waals surface area contributed by atoms with Crippen molar-refractivity contribution in [3.05, 3.63) is 245 Å². The molecule has 7 aromatic rings. The summed E-state index contributed by atoms with van der Waals surface area (Å²) >= 11 is 0. The van der Waals surface area contributed by atoms with E-state index in [1.165, 1.54) is 0 Å². The number of carbonyl (C=O) groups is 1. The van der Waals surface area contributed by atoms with Crippen LogP contribution in [0.1, 0.15) is 43.7 Å². The lowest BCUT2D eigenvalue weighted by Crippen LogP contribution is -2.66. The van der Waals surface area contributed by atoms with Crippen molar-refractivity contribution in [2.75, 3.05) is 27.4 Å². The quantitative estimate of drug-likeness (QED) is 0.0478. The van der Waals surface area contributed by atoms with Crippen molar-refractivity contribution >= 4 is 5.97 Å². The fourth-order valence-corrected chi connectivity index (χ4v) is 9.24. The molecule has 76 heavy (non-hydrogen) atoms. The second-order valence-corrected chi connectivity index (χ2v) is 18.6. The lowest BCUT2D eigenvalue weighted by atomic mass is 9.95. The average molecular weight is 1030 g/mol. The first-order valence-electron chi connectivity index (χ1n) is 25.7. The highest BCUT2D eigenvalue weighted by Gasteiger charge is 2.55. The van der Waals surface area contributed by atoms with Crippen LogP contribution in [0.15, 0.2) is 206 Å². The molecule has 2 aliphatic rings. The third kappa shape index (κ3) is 15.3. The van der Waals surface area contributed by atoms with Gasteiger partial charge in [-0.15, -0.1) is 0 Å². The van der Waals surface area contributed by atoms with Gasteiger partial charge < -0.3 is 56.8 Å². The maximum atomic E-state index is 14.4. The summed E-state index contributed by atoms with van der Waals surface area (Å²) in [5, 5.41) is 0. The number of carbonyl (C=O) groups excluding carboxylic acids is 1. The first-order valence-corrected chi connectivity index (χ1v) is 25.7. The lowest BCUT2D eigenvalue weighted by molar-refractivity contribution is -0.373. The Morgan fingerprint density at radius 2 is 0.724 bits per heavy atom. The van der Waals surface area contributed by atoms with E-state index in [-0.39, 0.29) is 46.2 Å². The van der Waals surface area contributed by atoms with Crippen molar-refractivity contribution in [2.24, 2.45) is 0 Å². The first-order chi connectivity index (χ1) is 37.5. The highest BCUT2D eigenvalue weighted by molar-refractivity contribution is 5.89. The number of hydrogen-bond donors (Lipinski definition) is 0. The summed E-state index contributed by atoms with van der Waals surface area (Å²) in [7, 11) is 3.15. The van der Waals surface area contributed by atoms with E-state index in [0.717, 1.165) is 33.4 Å². The minimum Gasteiger partial charge on any atom is -0.497 e. The van der Waals surface area contributed by atoms with Gasteiger partial charge in [-0.1, -0.05) is 182 Å². The zero-order chi connectivity index (χ0) is 52.2. The van der Waals surface area contributed by atoms with Crippen molar-refractivity contribution in [2.45, 2.75) is 101 Å². The molecule has 10 atom stereocenters. The molecule has 0 aliphatic carbocycles. The second-order valence-electron chi connectivity index (χ2n) is 18.6. The monoisotopic (exact) mass is 1030 g/mol. The van der Waals surface area contributed by atoms with E-state index >= 15 is 0 Å². The number of esters is 1. The third-order valence-corrected chi connectivity index (χ3v) is 13.2. The van der Waals surface area contributed by atoms with Crippen LogP contribution in [-0.2, 0) is 91.7 Å². The van der Waals surface area contributed by atoms with Gasteiger partial charge in [0.25, 0.3) is 0 Å². The Morgan fingerprint density at radius 3 is 1.12 bits per heavy atom. The summed E-state index contributed by atoms with van der Waals surface area (Å²) in [6.07, 6.45) is -9.70. The van der Waals surface area contributed by atoms with Crippen molar-refractivity contribution in [1.29, 1.82) is 0 Å². The van der Waals surface area contributed by atoms with Crippen LogP contribution in [0.25, 0.3) is 0 Å². The summed E-state index contributed by atoms with van der Waals surface area (Å²) in [5.41, 5.74) is 5.89. The van der Waals surface area contributed by atoms with Crippen molar-refractivity contribution in [3.8, 4) is 5.75 Å². The molecule has 0 bridgehead atoms. The second kappa shape index (κ2) is 28.5. The summed E-state index contributed by atoms with van der Waals surface area (Å²) in [6, 6.07) is 65.8. The summed E-state index contributed by atoms with van der Waals surface area (Å²) in [4.78, 5) is 14.4. The lowest BCUT2D eigenvalue weighted by Gasteiger charge is -2.50. The highest BCUT2D eigenvalue weighted by atomic mass is 16.8. The molecule has 7 aromatic carbocycles. The molecule has 13 heteroatoms. The Hall–Kier alpha value is -6.59. The van der Waals surface area contributed by atoms with E-state index in [2.05, 4.69) is 0 Å². The number of rotatable bonds is 26. The van der Waals surface area contributed by atoms with E-state index < -0.39 is 67.4 Å². The predicted molar refractivity (Wildman–Crippen MR) is 284 cm³/mol. The average Bonchev–Trinajstić information content (AvgIpc) is 3.50. The maximum absolute atomic E-state index is 14.4. The molecule has 2 heterocycles. The topological polar surface area (TPSA) is 128 Å². The minimum atomic E-state index is -1.23. The van der Waals surface area contributed by atoms with Crippen molar-refractivity contribution in [1.82, 2.24) is 0 Å². The van der Waals surface area contributed by atoms with E-state index in [0.29, 0.717) is 17.9 Å². The molecule has 9 rings (SSSR count). The first kappa shape index (κ1) is 54.2. The van der Waals surface area contributed by atoms with Gasteiger partial charge in [0.2, 0.25) is 0 Å². The van der Waals surface area contributed by atoms with E-state index in [4.69, 9.17) is 56.8 Å². The molecule has 0 amide bonds.